The Bertz CT molecular complexity index is 920. The van der Waals surface area contributed by atoms with Crippen molar-refractivity contribution in [2.75, 3.05) is 0 Å². The van der Waals surface area contributed by atoms with Crippen molar-refractivity contribution >= 4 is 17.5 Å². The highest BCUT2D eigenvalue weighted by atomic mass is 35.5. The number of hydrogen-bond donors (Lipinski definition) is 1. The third kappa shape index (κ3) is 5.68. The molecule has 0 radical (unpaired) electrons. The number of nitrogens with one attached hydrogen (secondary N) is 1. The van der Waals surface area contributed by atoms with E-state index in [2.05, 4.69) is 10.4 Å². The van der Waals surface area contributed by atoms with Crippen LogP contribution in [0, 0.1) is 0 Å². The van der Waals surface area contributed by atoms with Crippen molar-refractivity contribution < 1.29 is 9.53 Å². The molecule has 0 bridgehead atoms. The second-order valence-corrected chi connectivity index (χ2v) is 7.28. The highest BCUT2D eigenvalue weighted by Crippen LogP contribution is 2.16. The normalized spacial score (nSPS) is 11.0. The summed E-state index contributed by atoms with van der Waals surface area (Å²) in [6.45, 7) is 5.60. The van der Waals surface area contributed by atoms with Crippen molar-refractivity contribution in [2.45, 2.75) is 39.6 Å². The molecule has 1 heterocycles. The molecular weight excluding hydrogens is 374 g/mol. The van der Waals surface area contributed by atoms with Crippen LogP contribution in [0.25, 0.3) is 0 Å². The lowest BCUT2D eigenvalue weighted by molar-refractivity contribution is 0.0657. The average Bonchev–Trinajstić information content (AvgIpc) is 3.16. The first-order valence-electron chi connectivity index (χ1n) is 9.25. The number of carbonyl (C=O) groups is 1. The number of benzene rings is 2. The second-order valence-electron chi connectivity index (χ2n) is 6.88. The SMILES string of the molecule is CC(C)OCc1ccc(CNC(=O)c2cnn(Cc3ccccc3Cl)c2)cc1. The number of carbonyl (C=O) groups excluding carboxylic acids is 1. The van der Waals surface area contributed by atoms with Crippen LogP contribution in [0.3, 0.4) is 0 Å². The van der Waals surface area contributed by atoms with E-state index in [-0.39, 0.29) is 12.0 Å². The maximum absolute atomic E-state index is 12.4. The van der Waals surface area contributed by atoms with E-state index in [0.717, 1.165) is 16.7 Å². The Balaban J connectivity index is 1.53. The Kier molecular flexibility index (Phi) is 6.85. The van der Waals surface area contributed by atoms with Gasteiger partial charge in [-0.3, -0.25) is 9.48 Å². The molecule has 6 heteroatoms. The fourth-order valence-electron chi connectivity index (χ4n) is 2.67. The summed E-state index contributed by atoms with van der Waals surface area (Å²) in [7, 11) is 0. The largest absolute Gasteiger partial charge is 0.374 e. The number of hydrogen-bond acceptors (Lipinski definition) is 3. The molecular formula is C22H24ClN3O2. The Hall–Kier alpha value is -2.63. The Morgan fingerprint density at radius 1 is 1.14 bits per heavy atom. The van der Waals surface area contributed by atoms with Crippen LogP contribution < -0.4 is 5.32 Å². The Morgan fingerprint density at radius 2 is 1.86 bits per heavy atom. The average molecular weight is 398 g/mol. The minimum Gasteiger partial charge on any atom is -0.374 e. The summed E-state index contributed by atoms with van der Waals surface area (Å²) in [6.07, 6.45) is 3.50. The molecule has 5 nitrogen and oxygen atoms in total. The van der Waals surface area contributed by atoms with Crippen molar-refractivity contribution in [1.29, 1.82) is 0 Å². The van der Waals surface area contributed by atoms with Crippen molar-refractivity contribution in [1.82, 2.24) is 15.1 Å². The molecule has 0 saturated heterocycles. The summed E-state index contributed by atoms with van der Waals surface area (Å²) in [4.78, 5) is 12.4. The summed E-state index contributed by atoms with van der Waals surface area (Å²) in [5.41, 5.74) is 3.63. The third-order valence-electron chi connectivity index (χ3n) is 4.24. The molecule has 0 aliphatic heterocycles. The van der Waals surface area contributed by atoms with Crippen LogP contribution in [0.2, 0.25) is 5.02 Å². The molecule has 0 aliphatic carbocycles. The van der Waals surface area contributed by atoms with Crippen molar-refractivity contribution in [3.63, 3.8) is 0 Å². The predicted octanol–water partition coefficient (Wildman–Crippen LogP) is 4.44. The van der Waals surface area contributed by atoms with E-state index in [4.69, 9.17) is 16.3 Å². The van der Waals surface area contributed by atoms with Crippen LogP contribution in [0.1, 0.15) is 40.9 Å². The molecule has 0 saturated carbocycles. The quantitative estimate of drug-likeness (QED) is 0.611. The van der Waals surface area contributed by atoms with Crippen molar-refractivity contribution in [2.24, 2.45) is 0 Å². The molecule has 1 amide bonds. The molecule has 0 fully saturated rings. The lowest BCUT2D eigenvalue weighted by atomic mass is 10.1. The van der Waals surface area contributed by atoms with Gasteiger partial charge in [0.1, 0.15) is 0 Å². The monoisotopic (exact) mass is 397 g/mol. The van der Waals surface area contributed by atoms with E-state index in [1.54, 1.807) is 17.1 Å². The fraction of sp³-hybridized carbons (Fsp3) is 0.273. The lowest BCUT2D eigenvalue weighted by Crippen LogP contribution is -2.22. The van der Waals surface area contributed by atoms with Gasteiger partial charge in [0.05, 0.1) is 31.0 Å². The van der Waals surface area contributed by atoms with Crippen LogP contribution >= 0.6 is 11.6 Å². The van der Waals surface area contributed by atoms with Crippen molar-refractivity contribution in [3.05, 3.63) is 88.2 Å². The van der Waals surface area contributed by atoms with Gasteiger partial charge in [0, 0.05) is 17.8 Å². The Morgan fingerprint density at radius 3 is 2.57 bits per heavy atom. The summed E-state index contributed by atoms with van der Waals surface area (Å²) >= 11 is 6.18. The molecule has 28 heavy (non-hydrogen) atoms. The first-order valence-corrected chi connectivity index (χ1v) is 9.62. The zero-order valence-electron chi connectivity index (χ0n) is 16.1. The highest BCUT2D eigenvalue weighted by molar-refractivity contribution is 6.31. The number of rotatable bonds is 8. The molecule has 3 aromatic rings. The van der Waals surface area contributed by atoms with Gasteiger partial charge in [0.25, 0.3) is 5.91 Å². The van der Waals surface area contributed by atoms with Crippen LogP contribution in [-0.4, -0.2) is 21.8 Å². The van der Waals surface area contributed by atoms with Gasteiger partial charge in [0.2, 0.25) is 0 Å². The summed E-state index contributed by atoms with van der Waals surface area (Å²) < 4.78 is 7.30. The molecule has 1 aromatic heterocycles. The van der Waals surface area contributed by atoms with E-state index in [9.17, 15) is 4.79 Å². The minimum atomic E-state index is -0.155. The summed E-state index contributed by atoms with van der Waals surface area (Å²) in [5.74, 6) is -0.155. The first kappa shape index (κ1) is 20.1. The molecule has 1 N–H and O–H groups in total. The smallest absolute Gasteiger partial charge is 0.254 e. The number of nitrogens with zero attached hydrogens (tertiary/aromatic N) is 2. The topological polar surface area (TPSA) is 56.1 Å². The summed E-state index contributed by atoms with van der Waals surface area (Å²) in [6, 6.07) is 15.6. The molecule has 0 unspecified atom stereocenters. The highest BCUT2D eigenvalue weighted by Gasteiger charge is 2.09. The lowest BCUT2D eigenvalue weighted by Gasteiger charge is -2.08. The van der Waals surface area contributed by atoms with Gasteiger partial charge >= 0.3 is 0 Å². The number of ether oxygens (including phenoxy) is 1. The second kappa shape index (κ2) is 9.53. The zero-order valence-corrected chi connectivity index (χ0v) is 16.8. The fourth-order valence-corrected chi connectivity index (χ4v) is 2.86. The number of halogens is 1. The molecule has 2 aromatic carbocycles. The first-order chi connectivity index (χ1) is 13.5. The minimum absolute atomic E-state index is 0.155. The molecule has 0 aliphatic rings. The van der Waals surface area contributed by atoms with Crippen LogP contribution in [-0.2, 0) is 24.4 Å². The molecule has 0 atom stereocenters. The maximum Gasteiger partial charge on any atom is 0.254 e. The van der Waals surface area contributed by atoms with Crippen LogP contribution in [0.5, 0.6) is 0 Å². The third-order valence-corrected chi connectivity index (χ3v) is 4.61. The number of aromatic nitrogens is 2. The van der Waals surface area contributed by atoms with E-state index >= 15 is 0 Å². The zero-order chi connectivity index (χ0) is 19.9. The molecule has 3 rings (SSSR count). The van der Waals surface area contributed by atoms with Crippen molar-refractivity contribution in [3.8, 4) is 0 Å². The summed E-state index contributed by atoms with van der Waals surface area (Å²) in [5, 5.41) is 7.87. The maximum atomic E-state index is 12.4. The van der Waals surface area contributed by atoms with Gasteiger partial charge in [-0.2, -0.15) is 5.10 Å². The van der Waals surface area contributed by atoms with Crippen LogP contribution in [0.4, 0.5) is 0 Å². The van der Waals surface area contributed by atoms with Gasteiger partial charge < -0.3 is 10.1 Å². The van der Waals surface area contributed by atoms with Gasteiger partial charge in [-0.25, -0.2) is 0 Å². The van der Waals surface area contributed by atoms with Gasteiger partial charge in [-0.05, 0) is 36.6 Å². The van der Waals surface area contributed by atoms with E-state index in [0.29, 0.717) is 30.3 Å². The molecule has 0 spiro atoms. The van der Waals surface area contributed by atoms with Crippen LogP contribution in [0.15, 0.2) is 60.9 Å². The van der Waals surface area contributed by atoms with E-state index in [1.807, 2.05) is 62.4 Å². The van der Waals surface area contributed by atoms with E-state index < -0.39 is 0 Å². The molecule has 146 valence electrons. The Labute approximate surface area is 170 Å². The van der Waals surface area contributed by atoms with Gasteiger partial charge in [-0.15, -0.1) is 0 Å². The number of amides is 1. The van der Waals surface area contributed by atoms with Gasteiger partial charge in [-0.1, -0.05) is 54.1 Å². The van der Waals surface area contributed by atoms with Gasteiger partial charge in [0.15, 0.2) is 0 Å². The standard InChI is InChI=1S/C22H24ClN3O2/c1-16(2)28-15-18-9-7-17(8-10-18)11-24-22(27)20-12-25-26(14-20)13-19-5-3-4-6-21(19)23/h3-10,12,14,16H,11,13,15H2,1-2H3,(H,24,27). The van der Waals surface area contributed by atoms with E-state index in [1.165, 1.54) is 0 Å². The predicted molar refractivity (Wildman–Crippen MR) is 110 cm³/mol.